The van der Waals surface area contributed by atoms with Crippen LogP contribution in [0.25, 0.3) is 0 Å². The summed E-state index contributed by atoms with van der Waals surface area (Å²) in [6.45, 7) is 8.16. The second-order valence-electron chi connectivity index (χ2n) is 6.74. The van der Waals surface area contributed by atoms with Crippen molar-refractivity contribution in [1.29, 1.82) is 0 Å². The lowest BCUT2D eigenvalue weighted by Crippen LogP contribution is -2.40. The zero-order chi connectivity index (χ0) is 17.4. The predicted molar refractivity (Wildman–Crippen MR) is 99.2 cm³/mol. The van der Waals surface area contributed by atoms with Gasteiger partial charge in [-0.05, 0) is 39.2 Å². The number of guanidine groups is 1. The van der Waals surface area contributed by atoms with Gasteiger partial charge in [0, 0.05) is 31.0 Å². The first-order valence-corrected chi connectivity index (χ1v) is 8.93. The van der Waals surface area contributed by atoms with Gasteiger partial charge in [0.2, 0.25) is 5.91 Å². The van der Waals surface area contributed by atoms with Crippen molar-refractivity contribution in [3.8, 4) is 0 Å². The Morgan fingerprint density at radius 2 is 1.92 bits per heavy atom. The van der Waals surface area contributed by atoms with E-state index in [0.717, 1.165) is 19.0 Å². The van der Waals surface area contributed by atoms with Gasteiger partial charge in [-0.3, -0.25) is 9.79 Å². The van der Waals surface area contributed by atoms with Crippen molar-refractivity contribution in [2.45, 2.75) is 51.5 Å². The summed E-state index contributed by atoms with van der Waals surface area (Å²) in [5.41, 5.74) is 1.58. The number of nitrogens with zero attached hydrogens (tertiary/aromatic N) is 1. The largest absolute Gasteiger partial charge is 0.357 e. The smallest absolute Gasteiger partial charge is 0.221 e. The standard InChI is InChI=1S/C19H30N4O/c1-4-20-18(21-13-10-17(24)23-15(2)3)22-14-19(11-12-19)16-8-6-5-7-9-16/h5-9,15H,4,10-14H2,1-3H3,(H,23,24)(H2,20,21,22). The minimum atomic E-state index is 0.0660. The Hall–Kier alpha value is -2.04. The summed E-state index contributed by atoms with van der Waals surface area (Å²) in [4.78, 5) is 16.4. The van der Waals surface area contributed by atoms with Crippen LogP contribution < -0.4 is 16.0 Å². The Kier molecular flexibility index (Phi) is 6.64. The van der Waals surface area contributed by atoms with Crippen molar-refractivity contribution in [2.24, 2.45) is 4.99 Å². The van der Waals surface area contributed by atoms with Crippen LogP contribution >= 0.6 is 0 Å². The predicted octanol–water partition coefficient (Wildman–Crippen LogP) is 2.19. The normalized spacial score (nSPS) is 15.9. The van der Waals surface area contributed by atoms with Gasteiger partial charge in [-0.1, -0.05) is 30.3 Å². The lowest BCUT2D eigenvalue weighted by atomic mass is 9.96. The minimum Gasteiger partial charge on any atom is -0.357 e. The van der Waals surface area contributed by atoms with E-state index in [1.54, 1.807) is 0 Å². The summed E-state index contributed by atoms with van der Waals surface area (Å²) in [6, 6.07) is 10.8. The van der Waals surface area contributed by atoms with E-state index in [-0.39, 0.29) is 17.4 Å². The van der Waals surface area contributed by atoms with Crippen molar-refractivity contribution in [3.05, 3.63) is 35.9 Å². The summed E-state index contributed by atoms with van der Waals surface area (Å²) >= 11 is 0. The second kappa shape index (κ2) is 8.71. The van der Waals surface area contributed by atoms with E-state index in [2.05, 4.69) is 46.3 Å². The van der Waals surface area contributed by atoms with Gasteiger partial charge < -0.3 is 16.0 Å². The van der Waals surface area contributed by atoms with Gasteiger partial charge in [-0.25, -0.2) is 0 Å². The molecule has 0 heterocycles. The molecule has 0 saturated heterocycles. The molecule has 1 amide bonds. The molecule has 1 fully saturated rings. The number of aliphatic imine (C=N–C) groups is 1. The zero-order valence-electron chi connectivity index (χ0n) is 15.1. The maximum absolute atomic E-state index is 11.7. The van der Waals surface area contributed by atoms with Gasteiger partial charge in [0.15, 0.2) is 5.96 Å². The van der Waals surface area contributed by atoms with Gasteiger partial charge in [0.1, 0.15) is 0 Å². The summed E-state index contributed by atoms with van der Waals surface area (Å²) in [5, 5.41) is 9.41. The number of carbonyl (C=O) groups is 1. The van der Waals surface area contributed by atoms with Crippen LogP contribution in [-0.2, 0) is 10.2 Å². The molecular weight excluding hydrogens is 300 g/mol. The topological polar surface area (TPSA) is 65.5 Å². The molecule has 5 heteroatoms. The molecule has 0 atom stereocenters. The van der Waals surface area contributed by atoms with Crippen molar-refractivity contribution < 1.29 is 4.79 Å². The van der Waals surface area contributed by atoms with E-state index < -0.39 is 0 Å². The van der Waals surface area contributed by atoms with Gasteiger partial charge in [-0.2, -0.15) is 0 Å². The molecule has 1 aromatic carbocycles. The molecule has 1 aliphatic rings. The molecule has 0 aliphatic heterocycles. The molecule has 132 valence electrons. The van der Waals surface area contributed by atoms with E-state index in [4.69, 9.17) is 4.99 Å². The fourth-order valence-electron chi connectivity index (χ4n) is 2.74. The lowest BCUT2D eigenvalue weighted by molar-refractivity contribution is -0.121. The van der Waals surface area contributed by atoms with Gasteiger partial charge >= 0.3 is 0 Å². The monoisotopic (exact) mass is 330 g/mol. The van der Waals surface area contributed by atoms with Crippen LogP contribution in [0.1, 0.15) is 45.6 Å². The first kappa shape index (κ1) is 18.3. The SMILES string of the molecule is CCNC(=NCC1(c2ccccc2)CC1)NCCC(=O)NC(C)C. The number of carbonyl (C=O) groups excluding carboxylic acids is 1. The maximum atomic E-state index is 11.7. The molecule has 0 aromatic heterocycles. The van der Waals surface area contributed by atoms with Gasteiger partial charge in [-0.15, -0.1) is 0 Å². The van der Waals surface area contributed by atoms with E-state index in [1.807, 2.05) is 20.8 Å². The number of benzene rings is 1. The molecule has 0 bridgehead atoms. The van der Waals surface area contributed by atoms with Crippen LogP contribution in [0.5, 0.6) is 0 Å². The average Bonchev–Trinajstić information content (AvgIpc) is 3.34. The van der Waals surface area contributed by atoms with Crippen LogP contribution in [-0.4, -0.2) is 37.5 Å². The highest BCUT2D eigenvalue weighted by molar-refractivity contribution is 5.81. The highest BCUT2D eigenvalue weighted by atomic mass is 16.1. The fourth-order valence-corrected chi connectivity index (χ4v) is 2.74. The summed E-state index contributed by atoms with van der Waals surface area (Å²) in [5.74, 6) is 0.855. The van der Waals surface area contributed by atoms with Crippen molar-refractivity contribution in [2.75, 3.05) is 19.6 Å². The molecule has 1 aromatic rings. The van der Waals surface area contributed by atoms with Gasteiger partial charge in [0.25, 0.3) is 0 Å². The fraction of sp³-hybridized carbons (Fsp3) is 0.579. The van der Waals surface area contributed by atoms with Crippen molar-refractivity contribution in [1.82, 2.24) is 16.0 Å². The highest BCUT2D eigenvalue weighted by Gasteiger charge is 2.43. The van der Waals surface area contributed by atoms with E-state index in [1.165, 1.54) is 18.4 Å². The number of nitrogens with one attached hydrogen (secondary N) is 3. The van der Waals surface area contributed by atoms with Crippen LogP contribution in [0, 0.1) is 0 Å². The number of hydrogen-bond donors (Lipinski definition) is 3. The lowest BCUT2D eigenvalue weighted by Gasteiger charge is -2.16. The molecule has 0 spiro atoms. The molecule has 3 N–H and O–H groups in total. The Balaban J connectivity index is 1.86. The quantitative estimate of drug-likeness (QED) is 0.506. The summed E-state index contributed by atoms with van der Waals surface area (Å²) in [7, 11) is 0. The molecule has 2 rings (SSSR count). The molecule has 24 heavy (non-hydrogen) atoms. The third-order valence-electron chi connectivity index (χ3n) is 4.22. The molecule has 5 nitrogen and oxygen atoms in total. The van der Waals surface area contributed by atoms with Crippen LogP contribution in [0.3, 0.4) is 0 Å². The number of rotatable bonds is 8. The Morgan fingerprint density at radius 1 is 1.21 bits per heavy atom. The Labute approximate surface area is 145 Å². The van der Waals surface area contributed by atoms with Crippen molar-refractivity contribution >= 4 is 11.9 Å². The first-order chi connectivity index (χ1) is 11.6. The Morgan fingerprint density at radius 3 is 2.50 bits per heavy atom. The van der Waals surface area contributed by atoms with E-state index >= 15 is 0 Å². The van der Waals surface area contributed by atoms with Crippen LogP contribution in [0.15, 0.2) is 35.3 Å². The zero-order valence-corrected chi connectivity index (χ0v) is 15.1. The average molecular weight is 330 g/mol. The minimum absolute atomic E-state index is 0.0660. The number of hydrogen-bond acceptors (Lipinski definition) is 2. The Bertz CT molecular complexity index is 550. The first-order valence-electron chi connectivity index (χ1n) is 8.93. The molecule has 0 radical (unpaired) electrons. The van der Waals surface area contributed by atoms with Gasteiger partial charge in [0.05, 0.1) is 6.54 Å². The number of amides is 1. The van der Waals surface area contributed by atoms with E-state index in [9.17, 15) is 4.79 Å². The summed E-state index contributed by atoms with van der Waals surface area (Å²) < 4.78 is 0. The molecule has 0 unspecified atom stereocenters. The van der Waals surface area contributed by atoms with Crippen LogP contribution in [0.4, 0.5) is 0 Å². The molecule has 1 saturated carbocycles. The van der Waals surface area contributed by atoms with Crippen molar-refractivity contribution in [3.63, 3.8) is 0 Å². The summed E-state index contributed by atoms with van der Waals surface area (Å²) in [6.07, 6.45) is 2.83. The molecule has 1 aliphatic carbocycles. The highest BCUT2D eigenvalue weighted by Crippen LogP contribution is 2.48. The third-order valence-corrected chi connectivity index (χ3v) is 4.22. The maximum Gasteiger partial charge on any atom is 0.221 e. The molecular formula is C19H30N4O. The second-order valence-corrected chi connectivity index (χ2v) is 6.74. The van der Waals surface area contributed by atoms with E-state index in [0.29, 0.717) is 13.0 Å². The van der Waals surface area contributed by atoms with Crippen LogP contribution in [0.2, 0.25) is 0 Å². The third kappa shape index (κ3) is 5.55.